The summed E-state index contributed by atoms with van der Waals surface area (Å²) in [5.74, 6) is 2.62. The van der Waals surface area contributed by atoms with Gasteiger partial charge < -0.3 is 34.3 Å². The summed E-state index contributed by atoms with van der Waals surface area (Å²) in [5, 5.41) is 13.1. The number of nitrogens with one attached hydrogen (secondary N) is 1. The number of carbonyl (C=O) groups excluding carboxylic acids is 2. The number of methoxy groups -OCH3 is 2. The number of phenolic OH excluding ortho intramolecular Hbond substituents is 1. The normalized spacial score (nSPS) is 16.5. The Balaban J connectivity index is 1.47. The van der Waals surface area contributed by atoms with Gasteiger partial charge in [0.15, 0.2) is 23.0 Å². The second-order valence-electron chi connectivity index (χ2n) is 11.1. The smallest absolute Gasteiger partial charge is 0.254 e. The maximum absolute atomic E-state index is 14.0. The van der Waals surface area contributed by atoms with Crippen molar-refractivity contribution in [3.63, 3.8) is 0 Å². The van der Waals surface area contributed by atoms with E-state index in [0.29, 0.717) is 79.7 Å². The van der Waals surface area contributed by atoms with Crippen LogP contribution in [0.2, 0.25) is 0 Å². The van der Waals surface area contributed by atoms with Crippen molar-refractivity contribution in [2.75, 3.05) is 33.9 Å². The minimum atomic E-state index is -0.493. The van der Waals surface area contributed by atoms with Crippen molar-refractivity contribution in [2.45, 2.75) is 31.7 Å². The van der Waals surface area contributed by atoms with E-state index < -0.39 is 6.04 Å². The Bertz CT molecular complexity index is 1720. The Hall–Kier alpha value is -5.18. The molecule has 0 radical (unpaired) electrons. The fraction of sp³-hybridized carbons (Fsp3) is 0.278. The Morgan fingerprint density at radius 3 is 2.58 bits per heavy atom. The van der Waals surface area contributed by atoms with Crippen molar-refractivity contribution >= 4 is 11.8 Å². The number of carbonyl (C=O) groups is 2. The van der Waals surface area contributed by atoms with Crippen LogP contribution >= 0.6 is 0 Å². The molecule has 45 heavy (non-hydrogen) atoms. The summed E-state index contributed by atoms with van der Waals surface area (Å²) in [6, 6.07) is 23.2. The highest BCUT2D eigenvalue weighted by Crippen LogP contribution is 2.44. The Kier molecular flexibility index (Phi) is 8.77. The molecule has 2 amide bonds. The molecule has 0 spiro atoms. The van der Waals surface area contributed by atoms with E-state index in [1.165, 1.54) is 6.07 Å². The maximum atomic E-state index is 14.0. The molecule has 0 saturated heterocycles. The van der Waals surface area contributed by atoms with Crippen LogP contribution in [0.15, 0.2) is 78.9 Å². The molecule has 8 bridgehead atoms. The number of hydrogen-bond acceptors (Lipinski definition) is 7. The van der Waals surface area contributed by atoms with Gasteiger partial charge in [-0.25, -0.2) is 0 Å². The van der Waals surface area contributed by atoms with Crippen LogP contribution in [-0.4, -0.2) is 55.7 Å². The van der Waals surface area contributed by atoms with Gasteiger partial charge in [0.2, 0.25) is 5.91 Å². The highest BCUT2D eigenvalue weighted by atomic mass is 16.5. The van der Waals surface area contributed by atoms with Crippen molar-refractivity contribution in [2.24, 2.45) is 0 Å². The maximum Gasteiger partial charge on any atom is 0.254 e. The van der Waals surface area contributed by atoms with Gasteiger partial charge in [0, 0.05) is 25.1 Å². The van der Waals surface area contributed by atoms with Crippen LogP contribution in [0.1, 0.15) is 51.5 Å². The predicted octanol–water partition coefficient (Wildman–Crippen LogP) is 5.82. The molecule has 4 aromatic carbocycles. The van der Waals surface area contributed by atoms with E-state index in [2.05, 4.69) is 5.32 Å². The predicted molar refractivity (Wildman–Crippen MR) is 169 cm³/mol. The Morgan fingerprint density at radius 1 is 0.911 bits per heavy atom. The lowest BCUT2D eigenvalue weighted by molar-refractivity contribution is -0.121. The van der Waals surface area contributed by atoms with Gasteiger partial charge in [-0.2, -0.15) is 0 Å². The molecule has 9 nitrogen and oxygen atoms in total. The number of nitrogens with zero attached hydrogens (tertiary/aromatic N) is 1. The zero-order valence-electron chi connectivity index (χ0n) is 25.4. The molecule has 4 aromatic rings. The number of aryl methyl sites for hydroxylation is 1. The molecule has 7 rings (SSSR count). The molecular weight excluding hydrogens is 572 g/mol. The first-order chi connectivity index (χ1) is 21.9. The summed E-state index contributed by atoms with van der Waals surface area (Å²) in [6.07, 6.45) is 2.14. The van der Waals surface area contributed by atoms with Gasteiger partial charge in [-0.3, -0.25) is 9.59 Å². The molecule has 232 valence electrons. The largest absolute Gasteiger partial charge is 0.508 e. The van der Waals surface area contributed by atoms with Crippen molar-refractivity contribution in [1.29, 1.82) is 0 Å². The number of amides is 2. The highest BCUT2D eigenvalue weighted by Gasteiger charge is 2.35. The highest BCUT2D eigenvalue weighted by molar-refractivity contribution is 5.95. The third-order valence-corrected chi connectivity index (χ3v) is 8.18. The van der Waals surface area contributed by atoms with Gasteiger partial charge in [0.05, 0.1) is 26.9 Å². The molecule has 3 heterocycles. The van der Waals surface area contributed by atoms with Gasteiger partial charge in [0.25, 0.3) is 5.91 Å². The van der Waals surface area contributed by atoms with E-state index in [4.69, 9.17) is 18.9 Å². The number of fused-ring (bicyclic) bond motifs is 8. The van der Waals surface area contributed by atoms with Crippen molar-refractivity contribution in [3.05, 3.63) is 107 Å². The van der Waals surface area contributed by atoms with Crippen LogP contribution in [0.5, 0.6) is 34.5 Å². The summed E-state index contributed by atoms with van der Waals surface area (Å²) in [6.45, 7) is 1.28. The molecule has 1 atom stereocenters. The molecule has 9 heteroatoms. The lowest BCUT2D eigenvalue weighted by Gasteiger charge is -2.38. The lowest BCUT2D eigenvalue weighted by Crippen LogP contribution is -2.40. The SMILES string of the molecule is COc1ccc2cc1OCCCNC(=O)CCc1cccc(c1)Oc1cc3c(cc1OC)C2N(C(=O)c1cccc(O)c1)CC3. The van der Waals surface area contributed by atoms with E-state index >= 15 is 0 Å². The van der Waals surface area contributed by atoms with Crippen molar-refractivity contribution < 1.29 is 33.6 Å². The third kappa shape index (κ3) is 6.52. The molecule has 3 aliphatic heterocycles. The zero-order chi connectivity index (χ0) is 31.3. The van der Waals surface area contributed by atoms with Gasteiger partial charge in [-0.1, -0.05) is 24.3 Å². The van der Waals surface area contributed by atoms with Crippen LogP contribution in [0.3, 0.4) is 0 Å². The van der Waals surface area contributed by atoms with Crippen LogP contribution < -0.4 is 24.3 Å². The number of hydrogen-bond donors (Lipinski definition) is 2. The molecule has 0 fully saturated rings. The van der Waals surface area contributed by atoms with Crippen LogP contribution in [0, 0.1) is 0 Å². The molecule has 2 N–H and O–H groups in total. The molecule has 3 aliphatic rings. The summed E-state index contributed by atoms with van der Waals surface area (Å²) < 4.78 is 24.0. The van der Waals surface area contributed by atoms with Gasteiger partial charge in [-0.15, -0.1) is 0 Å². The first-order valence-corrected chi connectivity index (χ1v) is 15.1. The van der Waals surface area contributed by atoms with E-state index in [1.807, 2.05) is 59.5 Å². The number of rotatable bonds is 3. The van der Waals surface area contributed by atoms with Gasteiger partial charge in [0.1, 0.15) is 11.5 Å². The number of phenols is 1. The fourth-order valence-electron chi connectivity index (χ4n) is 5.95. The van der Waals surface area contributed by atoms with E-state index in [1.54, 1.807) is 32.4 Å². The van der Waals surface area contributed by atoms with Gasteiger partial charge >= 0.3 is 0 Å². The van der Waals surface area contributed by atoms with Crippen molar-refractivity contribution in [3.8, 4) is 34.5 Å². The molecule has 0 saturated carbocycles. The standard InChI is InChI=1S/C36H36N2O7/c1-42-30-12-11-25-21-32(30)44-17-5-15-37-34(40)13-10-23-6-3-9-28(18-23)45-33-20-24-14-16-38(35(25)29(24)22-31(33)43-2)36(41)26-7-4-8-27(39)19-26/h3-4,6-9,11-12,18-22,35,39H,5,10,13-17H2,1-2H3,(H,37,40). The number of ether oxygens (including phenoxy) is 4. The van der Waals surface area contributed by atoms with Crippen LogP contribution in [-0.2, 0) is 17.6 Å². The first kappa shape index (κ1) is 29.9. The second-order valence-corrected chi connectivity index (χ2v) is 11.1. The summed E-state index contributed by atoms with van der Waals surface area (Å²) >= 11 is 0. The fourth-order valence-corrected chi connectivity index (χ4v) is 5.95. The van der Waals surface area contributed by atoms with Crippen molar-refractivity contribution in [1.82, 2.24) is 10.2 Å². The minimum absolute atomic E-state index is 0.0262. The Morgan fingerprint density at radius 2 is 1.76 bits per heavy atom. The summed E-state index contributed by atoms with van der Waals surface area (Å²) in [5.41, 5.74) is 4.14. The van der Waals surface area contributed by atoms with E-state index in [-0.39, 0.29) is 17.6 Å². The lowest BCUT2D eigenvalue weighted by atomic mass is 9.87. The van der Waals surface area contributed by atoms with Crippen LogP contribution in [0.4, 0.5) is 0 Å². The summed E-state index contributed by atoms with van der Waals surface area (Å²) in [7, 11) is 3.18. The molecular formula is C36H36N2O7. The minimum Gasteiger partial charge on any atom is -0.508 e. The zero-order valence-corrected chi connectivity index (χ0v) is 25.4. The average Bonchev–Trinajstić information content (AvgIpc) is 3.05. The van der Waals surface area contributed by atoms with E-state index in [9.17, 15) is 14.7 Å². The third-order valence-electron chi connectivity index (χ3n) is 8.18. The average molecular weight is 609 g/mol. The molecule has 0 aromatic heterocycles. The Labute approximate surface area is 262 Å². The molecule has 1 unspecified atom stereocenters. The second kappa shape index (κ2) is 13.2. The number of aromatic hydroxyl groups is 1. The van der Waals surface area contributed by atoms with E-state index in [0.717, 1.165) is 22.3 Å². The summed E-state index contributed by atoms with van der Waals surface area (Å²) in [4.78, 5) is 28.3. The van der Waals surface area contributed by atoms with Gasteiger partial charge in [-0.05, 0) is 96.1 Å². The first-order valence-electron chi connectivity index (χ1n) is 15.1. The van der Waals surface area contributed by atoms with Crippen LogP contribution in [0.25, 0.3) is 0 Å². The molecule has 0 aliphatic carbocycles. The number of benzene rings is 4. The monoisotopic (exact) mass is 608 g/mol. The topological polar surface area (TPSA) is 107 Å². The quantitative estimate of drug-likeness (QED) is 0.302.